The van der Waals surface area contributed by atoms with Crippen molar-refractivity contribution in [2.75, 3.05) is 33.5 Å². The number of aromatic nitrogens is 1. The fraction of sp³-hybridized carbons (Fsp3) is 0.500. The van der Waals surface area contributed by atoms with Crippen molar-refractivity contribution in [1.29, 1.82) is 0 Å². The van der Waals surface area contributed by atoms with Crippen molar-refractivity contribution in [1.82, 2.24) is 4.57 Å². The summed E-state index contributed by atoms with van der Waals surface area (Å²) in [5.74, 6) is 2.60. The Morgan fingerprint density at radius 1 is 0.805 bits per heavy atom. The van der Waals surface area contributed by atoms with Crippen LogP contribution < -0.4 is 9.47 Å². The number of rotatable bonds is 15. The third-order valence-corrected chi connectivity index (χ3v) is 8.15. The van der Waals surface area contributed by atoms with Gasteiger partial charge in [-0.1, -0.05) is 65.0 Å². The first-order valence-corrected chi connectivity index (χ1v) is 15.3. The van der Waals surface area contributed by atoms with Crippen LogP contribution in [0.4, 0.5) is 0 Å². The van der Waals surface area contributed by atoms with Gasteiger partial charge in [0.15, 0.2) is 11.5 Å². The minimum absolute atomic E-state index is 0.266. The topological polar surface area (TPSA) is 41.9 Å². The van der Waals surface area contributed by atoms with Crippen LogP contribution >= 0.6 is 0 Å². The second kappa shape index (κ2) is 13.8. The molecule has 0 aliphatic rings. The summed E-state index contributed by atoms with van der Waals surface area (Å²) in [5.41, 5.74) is 4.59. The molecular weight excluding hydrogens is 510 g/mol. The van der Waals surface area contributed by atoms with Crippen molar-refractivity contribution in [3.05, 3.63) is 60.7 Å². The summed E-state index contributed by atoms with van der Waals surface area (Å²) in [7, 11) is 1.68. The van der Waals surface area contributed by atoms with Crippen molar-refractivity contribution >= 4 is 21.8 Å². The van der Waals surface area contributed by atoms with Crippen LogP contribution in [-0.2, 0) is 9.47 Å². The summed E-state index contributed by atoms with van der Waals surface area (Å²) in [4.78, 5) is 0. The highest BCUT2D eigenvalue weighted by Gasteiger charge is 2.23. The molecule has 0 radical (unpaired) electrons. The Morgan fingerprint density at radius 2 is 1.51 bits per heavy atom. The highest BCUT2D eigenvalue weighted by Crippen LogP contribution is 2.40. The van der Waals surface area contributed by atoms with Crippen LogP contribution in [0.2, 0.25) is 0 Å². The van der Waals surface area contributed by atoms with E-state index in [1.165, 1.54) is 21.8 Å². The second-order valence-corrected chi connectivity index (χ2v) is 12.1. The maximum absolute atomic E-state index is 6.16. The molecule has 1 aromatic heterocycles. The minimum atomic E-state index is -0.266. The quantitative estimate of drug-likeness (QED) is 0.136. The van der Waals surface area contributed by atoms with Crippen molar-refractivity contribution in [3.63, 3.8) is 0 Å². The average Bonchev–Trinajstić information content (AvgIpc) is 3.29. The van der Waals surface area contributed by atoms with E-state index in [1.54, 1.807) is 7.11 Å². The molecule has 0 amide bonds. The van der Waals surface area contributed by atoms with E-state index in [4.69, 9.17) is 18.9 Å². The average molecular weight is 560 g/mol. The maximum atomic E-state index is 6.16. The molecule has 41 heavy (non-hydrogen) atoms. The van der Waals surface area contributed by atoms with E-state index >= 15 is 0 Å². The number of methoxy groups -OCH3 is 1. The van der Waals surface area contributed by atoms with Crippen LogP contribution in [0, 0.1) is 11.8 Å². The summed E-state index contributed by atoms with van der Waals surface area (Å²) in [5, 5.41) is 2.58. The van der Waals surface area contributed by atoms with Gasteiger partial charge in [-0.05, 0) is 80.0 Å². The van der Waals surface area contributed by atoms with Crippen molar-refractivity contribution in [2.24, 2.45) is 11.8 Å². The van der Waals surface area contributed by atoms with Crippen molar-refractivity contribution in [3.8, 4) is 22.6 Å². The minimum Gasteiger partial charge on any atom is -0.493 e. The van der Waals surface area contributed by atoms with Gasteiger partial charge in [0.2, 0.25) is 0 Å². The first kappa shape index (κ1) is 30.9. The Bertz CT molecular complexity index is 1420. The zero-order chi connectivity index (χ0) is 29.6. The lowest BCUT2D eigenvalue weighted by Gasteiger charge is -2.27. The molecule has 0 aliphatic heterocycles. The molecule has 222 valence electrons. The van der Waals surface area contributed by atoms with Gasteiger partial charge in [0, 0.05) is 34.5 Å². The zero-order valence-electron chi connectivity index (χ0n) is 26.3. The molecule has 2 unspecified atom stereocenters. The molecule has 3 aromatic carbocycles. The smallest absolute Gasteiger partial charge is 0.161 e. The second-order valence-electron chi connectivity index (χ2n) is 12.1. The Kier molecular flexibility index (Phi) is 10.4. The third kappa shape index (κ3) is 7.07. The van der Waals surface area contributed by atoms with Crippen LogP contribution in [0.15, 0.2) is 60.7 Å². The summed E-state index contributed by atoms with van der Waals surface area (Å²) >= 11 is 0. The Morgan fingerprint density at radius 3 is 2.20 bits per heavy atom. The van der Waals surface area contributed by atoms with Crippen LogP contribution in [0.25, 0.3) is 32.9 Å². The highest BCUT2D eigenvalue weighted by molar-refractivity contribution is 6.09. The first-order valence-electron chi connectivity index (χ1n) is 15.3. The van der Waals surface area contributed by atoms with Crippen molar-refractivity contribution < 1.29 is 18.9 Å². The SMILES string of the molecule is CCOC(C)(CC)COCCOc1cc(-c2ccc3c(c2)c2ccccc2n3C(CC(C)C)C(C)C)ccc1OC. The molecule has 2 atom stereocenters. The fourth-order valence-electron chi connectivity index (χ4n) is 5.76. The molecule has 1 heterocycles. The lowest BCUT2D eigenvalue weighted by Crippen LogP contribution is -2.34. The highest BCUT2D eigenvalue weighted by atomic mass is 16.6. The molecule has 4 aromatic rings. The lowest BCUT2D eigenvalue weighted by molar-refractivity contribution is -0.0870. The molecule has 0 saturated heterocycles. The molecule has 0 aliphatic carbocycles. The first-order chi connectivity index (χ1) is 19.7. The van der Waals surface area contributed by atoms with E-state index in [0.29, 0.717) is 50.1 Å². The lowest BCUT2D eigenvalue weighted by atomic mass is 9.94. The number of hydrogen-bond acceptors (Lipinski definition) is 4. The van der Waals surface area contributed by atoms with Crippen LogP contribution in [0.5, 0.6) is 11.5 Å². The van der Waals surface area contributed by atoms with E-state index in [-0.39, 0.29) is 5.60 Å². The van der Waals surface area contributed by atoms with Gasteiger partial charge in [-0.25, -0.2) is 0 Å². The largest absolute Gasteiger partial charge is 0.493 e. The number of ether oxygens (including phenoxy) is 4. The maximum Gasteiger partial charge on any atom is 0.161 e. The Balaban J connectivity index is 1.61. The monoisotopic (exact) mass is 559 g/mol. The molecule has 5 heteroatoms. The van der Waals surface area contributed by atoms with E-state index < -0.39 is 0 Å². The molecular formula is C36H49NO4. The Hall–Kier alpha value is -3.02. The van der Waals surface area contributed by atoms with Gasteiger partial charge >= 0.3 is 0 Å². The van der Waals surface area contributed by atoms with Gasteiger partial charge in [-0.3, -0.25) is 0 Å². The van der Waals surface area contributed by atoms with E-state index in [1.807, 2.05) is 13.0 Å². The van der Waals surface area contributed by atoms with Crippen LogP contribution in [0.3, 0.4) is 0 Å². The normalized spacial score (nSPS) is 14.2. The van der Waals surface area contributed by atoms with Gasteiger partial charge < -0.3 is 23.5 Å². The molecule has 0 saturated carbocycles. The molecule has 0 bridgehead atoms. The number of para-hydroxylation sites is 1. The molecule has 4 rings (SSSR count). The predicted molar refractivity (Wildman–Crippen MR) is 171 cm³/mol. The van der Waals surface area contributed by atoms with Gasteiger partial charge in [0.1, 0.15) is 6.61 Å². The van der Waals surface area contributed by atoms with E-state index in [2.05, 4.69) is 101 Å². The van der Waals surface area contributed by atoms with Gasteiger partial charge in [-0.2, -0.15) is 0 Å². The number of fused-ring (bicyclic) bond motifs is 3. The predicted octanol–water partition coefficient (Wildman–Crippen LogP) is 9.31. The molecule has 0 N–H and O–H groups in total. The number of nitrogens with zero attached hydrogens (tertiary/aromatic N) is 1. The van der Waals surface area contributed by atoms with E-state index in [0.717, 1.165) is 29.7 Å². The van der Waals surface area contributed by atoms with Crippen molar-refractivity contribution in [2.45, 2.75) is 73.0 Å². The number of hydrogen-bond donors (Lipinski definition) is 0. The van der Waals surface area contributed by atoms with E-state index in [9.17, 15) is 0 Å². The summed E-state index contributed by atoms with van der Waals surface area (Å²) < 4.78 is 26.1. The molecule has 5 nitrogen and oxygen atoms in total. The third-order valence-electron chi connectivity index (χ3n) is 8.15. The summed E-state index contributed by atoms with van der Waals surface area (Å²) in [6, 6.07) is 22.3. The van der Waals surface area contributed by atoms with Gasteiger partial charge in [-0.15, -0.1) is 0 Å². The summed E-state index contributed by atoms with van der Waals surface area (Å²) in [6.07, 6.45) is 2.05. The Labute approximate surface area is 246 Å². The standard InChI is InChI=1S/C36H49NO4/c1-9-36(7,41-10-2)24-39-19-20-40-35-23-28(16-18-34(35)38-8)27-15-17-32-30(22-27)29-13-11-12-14-31(29)37(32)33(26(5)6)21-25(3)4/h11-18,22-23,25-26,33H,9-10,19-21,24H2,1-8H3. The van der Waals surface area contributed by atoms with Gasteiger partial charge in [0.25, 0.3) is 0 Å². The fourth-order valence-corrected chi connectivity index (χ4v) is 5.76. The zero-order valence-corrected chi connectivity index (χ0v) is 26.3. The van der Waals surface area contributed by atoms with Gasteiger partial charge in [0.05, 0.1) is 25.9 Å². The number of benzene rings is 3. The molecule has 0 fully saturated rings. The van der Waals surface area contributed by atoms with Crippen LogP contribution in [-0.4, -0.2) is 43.7 Å². The van der Waals surface area contributed by atoms with Crippen LogP contribution in [0.1, 0.15) is 67.3 Å². The summed E-state index contributed by atoms with van der Waals surface area (Å²) in [6.45, 7) is 17.7. The molecule has 0 spiro atoms.